The Morgan fingerprint density at radius 2 is 1.82 bits per heavy atom. The van der Waals surface area contributed by atoms with Gasteiger partial charge < -0.3 is 21.4 Å². The number of nitrogens with two attached hydrogens (primary N) is 2. The lowest BCUT2D eigenvalue weighted by molar-refractivity contribution is -0.170. The number of hydrogen-bond acceptors (Lipinski definition) is 7. The SMILES string of the molecule is CSCC[C@H](N)C(=O)N(C(=O)C(C)(C)N)[C@@](C=O)(Cc1ccccc1)C(=O)O. The zero-order chi connectivity index (χ0) is 21.5. The average Bonchev–Trinajstić information content (AvgIpc) is 2.64. The Bertz CT molecular complexity index is 720. The molecule has 0 saturated carbocycles. The first-order valence-electron chi connectivity index (χ1n) is 8.66. The number of carboxylic acid groups (broad SMARTS) is 1. The summed E-state index contributed by atoms with van der Waals surface area (Å²) in [5.74, 6) is -3.03. The minimum Gasteiger partial charge on any atom is -0.479 e. The highest BCUT2D eigenvalue weighted by molar-refractivity contribution is 7.98. The molecule has 0 unspecified atom stereocenters. The van der Waals surface area contributed by atoms with Crippen LogP contribution in [0.3, 0.4) is 0 Å². The van der Waals surface area contributed by atoms with Gasteiger partial charge in [-0.3, -0.25) is 14.5 Å². The van der Waals surface area contributed by atoms with Crippen LogP contribution in [0.15, 0.2) is 30.3 Å². The van der Waals surface area contributed by atoms with E-state index in [1.807, 2.05) is 6.26 Å². The molecule has 2 amide bonds. The zero-order valence-electron chi connectivity index (χ0n) is 16.3. The first kappa shape index (κ1) is 23.8. The summed E-state index contributed by atoms with van der Waals surface area (Å²) in [5.41, 5.74) is 8.21. The van der Waals surface area contributed by atoms with Crippen molar-refractivity contribution in [1.29, 1.82) is 0 Å². The van der Waals surface area contributed by atoms with Gasteiger partial charge in [0.2, 0.25) is 17.4 Å². The number of carbonyl (C=O) groups excluding carboxylic acids is 3. The molecule has 0 fully saturated rings. The van der Waals surface area contributed by atoms with E-state index in [-0.39, 0.29) is 12.7 Å². The summed E-state index contributed by atoms with van der Waals surface area (Å²) < 4.78 is 0. The Kier molecular flexibility index (Phi) is 8.34. The number of aliphatic carboxylic acids is 1. The lowest BCUT2D eigenvalue weighted by Gasteiger charge is -2.39. The molecule has 154 valence electrons. The van der Waals surface area contributed by atoms with Crippen LogP contribution in [-0.4, -0.2) is 63.2 Å². The van der Waals surface area contributed by atoms with E-state index in [2.05, 4.69) is 0 Å². The topological polar surface area (TPSA) is 144 Å². The second-order valence-electron chi connectivity index (χ2n) is 7.10. The van der Waals surface area contributed by atoms with Gasteiger partial charge in [-0.1, -0.05) is 30.3 Å². The van der Waals surface area contributed by atoms with Crippen molar-refractivity contribution in [3.8, 4) is 0 Å². The number of aldehydes is 1. The van der Waals surface area contributed by atoms with Crippen molar-refractivity contribution in [2.24, 2.45) is 11.5 Å². The number of benzene rings is 1. The molecule has 9 heteroatoms. The van der Waals surface area contributed by atoms with Gasteiger partial charge in [0.05, 0.1) is 11.6 Å². The first-order valence-corrected chi connectivity index (χ1v) is 10.1. The van der Waals surface area contributed by atoms with Gasteiger partial charge in [0.25, 0.3) is 0 Å². The summed E-state index contributed by atoms with van der Waals surface area (Å²) in [6.07, 6.45) is 1.75. The first-order chi connectivity index (χ1) is 13.0. The molecule has 0 bridgehead atoms. The van der Waals surface area contributed by atoms with E-state index in [0.29, 0.717) is 16.2 Å². The normalized spacial score (nSPS) is 14.6. The highest BCUT2D eigenvalue weighted by atomic mass is 32.2. The Morgan fingerprint density at radius 3 is 2.25 bits per heavy atom. The number of rotatable bonds is 10. The molecule has 0 heterocycles. The number of carboxylic acids is 1. The second kappa shape index (κ2) is 9.81. The van der Waals surface area contributed by atoms with Crippen LogP contribution in [0.2, 0.25) is 0 Å². The maximum absolute atomic E-state index is 13.0. The van der Waals surface area contributed by atoms with Crippen LogP contribution in [0, 0.1) is 0 Å². The van der Waals surface area contributed by atoms with E-state index in [4.69, 9.17) is 11.5 Å². The maximum atomic E-state index is 13.0. The lowest BCUT2D eigenvalue weighted by Crippen LogP contribution is -2.69. The number of amides is 2. The fraction of sp³-hybridized carbons (Fsp3) is 0.474. The predicted octanol–water partition coefficient (Wildman–Crippen LogP) is 0.424. The van der Waals surface area contributed by atoms with Gasteiger partial charge >= 0.3 is 5.97 Å². The summed E-state index contributed by atoms with van der Waals surface area (Å²) in [7, 11) is 0. The number of carbonyl (C=O) groups is 4. The van der Waals surface area contributed by atoms with Crippen LogP contribution < -0.4 is 11.5 Å². The zero-order valence-corrected chi connectivity index (χ0v) is 17.1. The van der Waals surface area contributed by atoms with Crippen LogP contribution in [-0.2, 0) is 25.6 Å². The van der Waals surface area contributed by atoms with Crippen molar-refractivity contribution in [2.75, 3.05) is 12.0 Å². The molecule has 28 heavy (non-hydrogen) atoms. The molecular weight excluding hydrogens is 382 g/mol. The smallest absolute Gasteiger partial charge is 0.337 e. The highest BCUT2D eigenvalue weighted by Gasteiger charge is 2.53. The Hall–Kier alpha value is -2.23. The van der Waals surface area contributed by atoms with E-state index < -0.39 is 41.3 Å². The third-order valence-electron chi connectivity index (χ3n) is 4.21. The van der Waals surface area contributed by atoms with Gasteiger partial charge in [-0.2, -0.15) is 11.8 Å². The molecule has 0 aromatic heterocycles. The monoisotopic (exact) mass is 409 g/mol. The Balaban J connectivity index is 3.54. The molecular formula is C19H27N3O5S. The number of nitrogens with zero attached hydrogens (tertiary/aromatic N) is 1. The van der Waals surface area contributed by atoms with Crippen molar-refractivity contribution < 1.29 is 24.3 Å². The highest BCUT2D eigenvalue weighted by Crippen LogP contribution is 2.25. The molecule has 8 nitrogen and oxygen atoms in total. The van der Waals surface area contributed by atoms with Gasteiger partial charge in [-0.05, 0) is 37.8 Å². The van der Waals surface area contributed by atoms with Gasteiger partial charge in [0, 0.05) is 6.42 Å². The molecule has 0 aliphatic rings. The molecule has 0 aliphatic heterocycles. The standard InChI is InChI=1S/C19H27N3O5S/c1-18(2,21)16(25)22(15(24)14(20)9-10-28-3)19(12-23,17(26)27)11-13-7-5-4-6-8-13/h4-8,12,14H,9-11,20-21H2,1-3H3,(H,26,27)/t14-,19+/m0/s1. The number of imide groups is 1. The molecule has 0 aliphatic carbocycles. The summed E-state index contributed by atoms with van der Waals surface area (Å²) in [6.45, 7) is 2.67. The minimum absolute atomic E-state index is 0.102. The lowest BCUT2D eigenvalue weighted by atomic mass is 9.87. The summed E-state index contributed by atoms with van der Waals surface area (Å²) >= 11 is 1.45. The van der Waals surface area contributed by atoms with Gasteiger partial charge in [0.15, 0.2) is 6.29 Å². The average molecular weight is 410 g/mol. The van der Waals surface area contributed by atoms with Crippen molar-refractivity contribution in [2.45, 2.75) is 43.8 Å². The summed E-state index contributed by atoms with van der Waals surface area (Å²) in [6, 6.07) is 7.12. The molecule has 1 rings (SSSR count). The third-order valence-corrected chi connectivity index (χ3v) is 4.85. The van der Waals surface area contributed by atoms with Crippen LogP contribution in [0.25, 0.3) is 0 Å². The van der Waals surface area contributed by atoms with E-state index in [1.54, 1.807) is 30.3 Å². The van der Waals surface area contributed by atoms with Crippen molar-refractivity contribution in [1.82, 2.24) is 4.90 Å². The Labute approximate surface area is 168 Å². The largest absolute Gasteiger partial charge is 0.479 e. The third kappa shape index (κ3) is 5.40. The van der Waals surface area contributed by atoms with E-state index in [9.17, 15) is 24.3 Å². The van der Waals surface area contributed by atoms with Crippen LogP contribution in [0.5, 0.6) is 0 Å². The van der Waals surface area contributed by atoms with Crippen LogP contribution in [0.1, 0.15) is 25.8 Å². The molecule has 0 saturated heterocycles. The molecule has 1 aromatic carbocycles. The van der Waals surface area contributed by atoms with Gasteiger partial charge in [-0.25, -0.2) is 4.79 Å². The van der Waals surface area contributed by atoms with Gasteiger partial charge in [-0.15, -0.1) is 0 Å². The number of hydrogen-bond donors (Lipinski definition) is 3. The van der Waals surface area contributed by atoms with E-state index in [0.717, 1.165) is 0 Å². The molecule has 5 N–H and O–H groups in total. The number of thioether (sulfide) groups is 1. The van der Waals surface area contributed by atoms with E-state index >= 15 is 0 Å². The maximum Gasteiger partial charge on any atom is 0.337 e. The summed E-state index contributed by atoms with van der Waals surface area (Å²) in [5, 5.41) is 9.91. The fourth-order valence-electron chi connectivity index (χ4n) is 2.60. The predicted molar refractivity (Wildman–Crippen MR) is 108 cm³/mol. The van der Waals surface area contributed by atoms with Crippen LogP contribution in [0.4, 0.5) is 0 Å². The van der Waals surface area contributed by atoms with E-state index in [1.165, 1.54) is 25.6 Å². The summed E-state index contributed by atoms with van der Waals surface area (Å²) in [4.78, 5) is 50.7. The fourth-order valence-corrected chi connectivity index (χ4v) is 3.09. The molecule has 0 radical (unpaired) electrons. The second-order valence-corrected chi connectivity index (χ2v) is 8.08. The van der Waals surface area contributed by atoms with Gasteiger partial charge in [0.1, 0.15) is 0 Å². The molecule has 1 aromatic rings. The minimum atomic E-state index is -2.46. The quantitative estimate of drug-likeness (QED) is 0.373. The molecule has 0 spiro atoms. The van der Waals surface area contributed by atoms with Crippen molar-refractivity contribution in [3.05, 3.63) is 35.9 Å². The van der Waals surface area contributed by atoms with Crippen molar-refractivity contribution in [3.63, 3.8) is 0 Å². The molecule has 2 atom stereocenters. The van der Waals surface area contributed by atoms with Crippen LogP contribution >= 0.6 is 11.8 Å². The van der Waals surface area contributed by atoms with Crippen molar-refractivity contribution >= 4 is 35.8 Å². The Morgan fingerprint density at radius 1 is 1.25 bits per heavy atom.